The Hall–Kier alpha value is -2.69. The molecule has 0 atom stereocenters. The van der Waals surface area contributed by atoms with Crippen molar-refractivity contribution in [2.75, 3.05) is 18.0 Å². The molecule has 0 radical (unpaired) electrons. The van der Waals surface area contributed by atoms with Crippen LogP contribution in [0.3, 0.4) is 0 Å². The fourth-order valence-corrected chi connectivity index (χ4v) is 5.51. The minimum absolute atomic E-state index is 0.118. The molecule has 2 aliphatic heterocycles. The first-order valence-corrected chi connectivity index (χ1v) is 11.1. The molecule has 1 fully saturated rings. The Kier molecular flexibility index (Phi) is 5.39. The zero-order chi connectivity index (χ0) is 21.5. The van der Waals surface area contributed by atoms with Gasteiger partial charge in [0.25, 0.3) is 5.69 Å². The third-order valence-corrected chi connectivity index (χ3v) is 7.43. The highest BCUT2D eigenvalue weighted by atomic mass is 35.5. The van der Waals surface area contributed by atoms with E-state index in [0.717, 1.165) is 17.3 Å². The van der Waals surface area contributed by atoms with Crippen molar-refractivity contribution < 1.29 is 22.9 Å². The van der Waals surface area contributed by atoms with Crippen molar-refractivity contribution in [3.05, 3.63) is 63.2 Å². The minimum atomic E-state index is -3.88. The van der Waals surface area contributed by atoms with E-state index in [0.29, 0.717) is 17.9 Å². The number of fused-ring (bicyclic) bond motifs is 1. The lowest BCUT2D eigenvalue weighted by Gasteiger charge is -2.39. The Balaban J connectivity index is 1.52. The van der Waals surface area contributed by atoms with Gasteiger partial charge in [0.15, 0.2) is 0 Å². The second-order valence-electron chi connectivity index (χ2n) is 7.09. The Morgan fingerprint density at radius 3 is 2.57 bits per heavy atom. The van der Waals surface area contributed by atoms with Crippen LogP contribution in [0.1, 0.15) is 18.4 Å². The number of hydrogen-bond donors (Lipinski definition) is 0. The van der Waals surface area contributed by atoms with Crippen LogP contribution in [-0.4, -0.2) is 42.9 Å². The van der Waals surface area contributed by atoms with Gasteiger partial charge in [-0.15, -0.1) is 0 Å². The first kappa shape index (κ1) is 20.6. The fraction of sp³-hybridized carbons (Fsp3) is 0.316. The van der Waals surface area contributed by atoms with Gasteiger partial charge < -0.3 is 4.74 Å². The second-order valence-corrected chi connectivity index (χ2v) is 9.46. The van der Waals surface area contributed by atoms with Gasteiger partial charge in [0.1, 0.15) is 6.61 Å². The molecule has 9 nitrogen and oxygen atoms in total. The van der Waals surface area contributed by atoms with Crippen LogP contribution in [0.4, 0.5) is 16.2 Å². The number of nitro groups is 1. The minimum Gasteiger partial charge on any atom is -0.444 e. The molecule has 0 N–H and O–H groups in total. The molecular formula is C19H18ClN3O6S. The predicted octanol–water partition coefficient (Wildman–Crippen LogP) is 3.56. The highest BCUT2D eigenvalue weighted by Crippen LogP contribution is 2.34. The van der Waals surface area contributed by atoms with E-state index in [4.69, 9.17) is 16.3 Å². The summed E-state index contributed by atoms with van der Waals surface area (Å²) >= 11 is 6.03. The molecule has 30 heavy (non-hydrogen) atoms. The van der Waals surface area contributed by atoms with Crippen LogP contribution in [0.15, 0.2) is 47.4 Å². The number of non-ortho nitro benzene ring substituents is 1. The third kappa shape index (κ3) is 3.73. The number of piperidine rings is 1. The Bertz CT molecular complexity index is 1120. The maximum absolute atomic E-state index is 12.9. The van der Waals surface area contributed by atoms with E-state index in [1.54, 1.807) is 23.1 Å². The number of halogens is 1. The zero-order valence-corrected chi connectivity index (χ0v) is 17.3. The highest BCUT2D eigenvalue weighted by Gasteiger charge is 2.37. The Labute approximate surface area is 178 Å². The lowest BCUT2D eigenvalue weighted by atomic mass is 10.0. The van der Waals surface area contributed by atoms with Crippen LogP contribution < -0.4 is 4.90 Å². The number of cyclic esters (lactones) is 1. The van der Waals surface area contributed by atoms with E-state index in [-0.39, 0.29) is 36.3 Å². The number of benzene rings is 2. The molecule has 11 heteroatoms. The number of anilines is 1. The van der Waals surface area contributed by atoms with Crippen molar-refractivity contribution in [2.45, 2.75) is 30.4 Å². The average molecular weight is 452 g/mol. The Morgan fingerprint density at radius 2 is 1.87 bits per heavy atom. The summed E-state index contributed by atoms with van der Waals surface area (Å²) in [5, 5.41) is 11.5. The number of nitrogens with zero attached hydrogens (tertiary/aromatic N) is 3. The molecule has 0 saturated carbocycles. The van der Waals surface area contributed by atoms with Crippen molar-refractivity contribution in [3.8, 4) is 0 Å². The standard InChI is InChI=1S/C19H18ClN3O6S/c20-14-4-5-18-13(10-14)12-29-19(24)22(18)15-6-8-21(9-7-15)30(27,28)17-3-1-2-16(11-17)23(25)26/h1-5,10-11,15H,6-9,12H2. The van der Waals surface area contributed by atoms with E-state index in [1.807, 2.05) is 0 Å². The molecule has 2 heterocycles. The third-order valence-electron chi connectivity index (χ3n) is 5.30. The molecule has 1 saturated heterocycles. The van der Waals surface area contributed by atoms with E-state index >= 15 is 0 Å². The summed E-state index contributed by atoms with van der Waals surface area (Å²) in [6.45, 7) is 0.510. The second kappa shape index (κ2) is 7.86. The topological polar surface area (TPSA) is 110 Å². The Morgan fingerprint density at radius 1 is 1.13 bits per heavy atom. The highest BCUT2D eigenvalue weighted by molar-refractivity contribution is 7.89. The lowest BCUT2D eigenvalue weighted by Crippen LogP contribution is -2.50. The van der Waals surface area contributed by atoms with Crippen LogP contribution in [-0.2, 0) is 21.4 Å². The number of carbonyl (C=O) groups excluding carboxylic acids is 1. The van der Waals surface area contributed by atoms with Gasteiger partial charge in [-0.05, 0) is 37.1 Å². The van der Waals surface area contributed by atoms with Crippen molar-refractivity contribution in [2.24, 2.45) is 0 Å². The molecule has 2 aromatic rings. The summed E-state index contributed by atoms with van der Waals surface area (Å²) in [5.74, 6) is 0. The summed E-state index contributed by atoms with van der Waals surface area (Å²) in [6.07, 6.45) is 0.348. The predicted molar refractivity (Wildman–Crippen MR) is 109 cm³/mol. The van der Waals surface area contributed by atoms with Gasteiger partial charge in [-0.3, -0.25) is 15.0 Å². The van der Waals surface area contributed by atoms with Crippen LogP contribution in [0.2, 0.25) is 5.02 Å². The molecular weight excluding hydrogens is 434 g/mol. The van der Waals surface area contributed by atoms with Crippen molar-refractivity contribution >= 4 is 39.1 Å². The smallest absolute Gasteiger partial charge is 0.414 e. The van der Waals surface area contributed by atoms with Crippen LogP contribution >= 0.6 is 11.6 Å². The molecule has 4 rings (SSSR count). The largest absolute Gasteiger partial charge is 0.444 e. The first-order valence-electron chi connectivity index (χ1n) is 9.26. The molecule has 2 aromatic carbocycles. The summed E-state index contributed by atoms with van der Waals surface area (Å²) < 4.78 is 32.4. The van der Waals surface area contributed by atoms with Gasteiger partial charge in [-0.1, -0.05) is 17.7 Å². The number of sulfonamides is 1. The molecule has 2 aliphatic rings. The number of rotatable bonds is 4. The molecule has 0 unspecified atom stereocenters. The molecule has 0 bridgehead atoms. The van der Waals surface area contributed by atoms with Gasteiger partial charge >= 0.3 is 6.09 Å². The van der Waals surface area contributed by atoms with Gasteiger partial charge in [0, 0.05) is 41.9 Å². The van der Waals surface area contributed by atoms with Crippen molar-refractivity contribution in [1.29, 1.82) is 0 Å². The van der Waals surface area contributed by atoms with Crippen LogP contribution in [0.25, 0.3) is 0 Å². The quantitative estimate of drug-likeness (QED) is 0.519. The average Bonchev–Trinajstić information content (AvgIpc) is 2.74. The summed E-state index contributed by atoms with van der Waals surface area (Å²) in [5.41, 5.74) is 1.24. The number of ether oxygens (including phenoxy) is 1. The number of carbonyl (C=O) groups is 1. The molecule has 0 spiro atoms. The maximum atomic E-state index is 12.9. The first-order chi connectivity index (χ1) is 14.3. The van der Waals surface area contributed by atoms with Gasteiger partial charge in [0.05, 0.1) is 15.5 Å². The van der Waals surface area contributed by atoms with E-state index in [1.165, 1.54) is 22.5 Å². The monoisotopic (exact) mass is 451 g/mol. The molecule has 0 aliphatic carbocycles. The molecule has 0 aromatic heterocycles. The van der Waals surface area contributed by atoms with E-state index < -0.39 is 21.0 Å². The SMILES string of the molecule is O=C1OCc2cc(Cl)ccc2N1C1CCN(S(=O)(=O)c2cccc([N+](=O)[O-])c2)CC1. The zero-order valence-electron chi connectivity index (χ0n) is 15.7. The maximum Gasteiger partial charge on any atom is 0.414 e. The number of amides is 1. The number of nitro benzene ring substituents is 1. The van der Waals surface area contributed by atoms with Crippen LogP contribution in [0.5, 0.6) is 0 Å². The van der Waals surface area contributed by atoms with Crippen molar-refractivity contribution in [3.63, 3.8) is 0 Å². The lowest BCUT2D eigenvalue weighted by molar-refractivity contribution is -0.385. The summed E-state index contributed by atoms with van der Waals surface area (Å²) in [7, 11) is -3.88. The number of hydrogen-bond acceptors (Lipinski definition) is 6. The fourth-order valence-electron chi connectivity index (χ4n) is 3.81. The summed E-state index contributed by atoms with van der Waals surface area (Å²) in [4.78, 5) is 24.2. The molecule has 1 amide bonds. The van der Waals surface area contributed by atoms with Crippen molar-refractivity contribution in [1.82, 2.24) is 4.31 Å². The normalized spacial score (nSPS) is 18.0. The molecule has 158 valence electrons. The van der Waals surface area contributed by atoms with Gasteiger partial charge in [-0.2, -0.15) is 4.31 Å². The van der Waals surface area contributed by atoms with E-state index in [9.17, 15) is 23.3 Å². The van der Waals surface area contributed by atoms with Crippen LogP contribution in [0, 0.1) is 10.1 Å². The summed E-state index contributed by atoms with van der Waals surface area (Å²) in [6, 6.07) is 9.99. The van der Waals surface area contributed by atoms with Gasteiger partial charge in [0.2, 0.25) is 10.0 Å². The van der Waals surface area contributed by atoms with Gasteiger partial charge in [-0.25, -0.2) is 13.2 Å². The van der Waals surface area contributed by atoms with E-state index in [2.05, 4.69) is 0 Å².